The molecule has 2 aliphatic carbocycles. The summed E-state index contributed by atoms with van der Waals surface area (Å²) in [5.74, 6) is -1.43. The van der Waals surface area contributed by atoms with E-state index in [0.717, 1.165) is 24.2 Å². The highest BCUT2D eigenvalue weighted by molar-refractivity contribution is 6.09. The van der Waals surface area contributed by atoms with Crippen LogP contribution in [-0.4, -0.2) is 48.2 Å². The van der Waals surface area contributed by atoms with Crippen LogP contribution in [0.15, 0.2) is 24.3 Å². The first-order valence-corrected chi connectivity index (χ1v) is 10.5. The number of carbonyl (C=O) groups excluding carboxylic acids is 4. The number of imide groups is 1. The average molecular weight is 413 g/mol. The van der Waals surface area contributed by atoms with E-state index >= 15 is 0 Å². The molecule has 1 aliphatic heterocycles. The van der Waals surface area contributed by atoms with Gasteiger partial charge in [-0.25, -0.2) is 4.79 Å². The third kappa shape index (κ3) is 3.30. The zero-order valence-corrected chi connectivity index (χ0v) is 17.5. The number of carbonyl (C=O) groups is 4. The standard InChI is InChI=1S/C23H27NO6/c1-12(2)20(23(28)30-11-17(25)13-5-4-6-16(10-13)29-3)24-21(26)18-14-7-8-15(9-14)19(18)22(24)27/h4-6,10,12,14-15,18-20H,7-9,11H2,1-3H3/t14-,15-,18-,19+,20-/m0/s1. The van der Waals surface area contributed by atoms with Crippen LogP contribution in [0.2, 0.25) is 0 Å². The zero-order valence-electron chi connectivity index (χ0n) is 17.5. The van der Waals surface area contributed by atoms with Crippen LogP contribution < -0.4 is 4.74 Å². The van der Waals surface area contributed by atoms with Gasteiger partial charge in [0.25, 0.3) is 0 Å². The van der Waals surface area contributed by atoms with E-state index in [1.165, 1.54) is 7.11 Å². The molecule has 0 unspecified atom stereocenters. The fraction of sp³-hybridized carbons (Fsp3) is 0.565. The minimum Gasteiger partial charge on any atom is -0.497 e. The topological polar surface area (TPSA) is 90.0 Å². The molecule has 5 atom stereocenters. The highest BCUT2D eigenvalue weighted by atomic mass is 16.5. The number of ether oxygens (including phenoxy) is 2. The molecule has 3 fully saturated rings. The average Bonchev–Trinajstić information content (AvgIpc) is 3.42. The van der Waals surface area contributed by atoms with Crippen molar-refractivity contribution in [1.29, 1.82) is 0 Å². The Bertz CT molecular complexity index is 865. The number of likely N-dealkylation sites (tertiary alicyclic amines) is 1. The number of amides is 2. The lowest BCUT2D eigenvalue weighted by Crippen LogP contribution is -2.50. The van der Waals surface area contributed by atoms with Gasteiger partial charge in [0.15, 0.2) is 12.4 Å². The second-order valence-electron chi connectivity index (χ2n) is 8.88. The lowest BCUT2D eigenvalue weighted by Gasteiger charge is -2.28. The summed E-state index contributed by atoms with van der Waals surface area (Å²) in [6, 6.07) is 5.57. The molecule has 1 saturated heterocycles. The fourth-order valence-corrected chi connectivity index (χ4v) is 5.48. The van der Waals surface area contributed by atoms with Crippen molar-refractivity contribution in [3.63, 3.8) is 0 Å². The predicted octanol–water partition coefficient (Wildman–Crippen LogP) is 2.48. The Morgan fingerprint density at radius 3 is 2.30 bits per heavy atom. The molecule has 0 spiro atoms. The van der Waals surface area contributed by atoms with Gasteiger partial charge in [-0.1, -0.05) is 26.0 Å². The van der Waals surface area contributed by atoms with Crippen LogP contribution in [0.1, 0.15) is 43.5 Å². The molecule has 4 rings (SSSR count). The molecular weight excluding hydrogens is 386 g/mol. The second kappa shape index (κ2) is 7.85. The van der Waals surface area contributed by atoms with Gasteiger partial charge in [-0.05, 0) is 49.1 Å². The van der Waals surface area contributed by atoms with Crippen LogP contribution in [0.4, 0.5) is 0 Å². The van der Waals surface area contributed by atoms with Crippen molar-refractivity contribution >= 4 is 23.6 Å². The Labute approximate surface area is 175 Å². The van der Waals surface area contributed by atoms with Gasteiger partial charge in [0, 0.05) is 5.56 Å². The molecule has 30 heavy (non-hydrogen) atoms. The van der Waals surface area contributed by atoms with Gasteiger partial charge in [0.2, 0.25) is 11.8 Å². The Hall–Kier alpha value is -2.70. The van der Waals surface area contributed by atoms with Crippen molar-refractivity contribution in [3.05, 3.63) is 29.8 Å². The number of benzene rings is 1. The van der Waals surface area contributed by atoms with E-state index in [9.17, 15) is 19.2 Å². The van der Waals surface area contributed by atoms with E-state index in [1.807, 2.05) is 0 Å². The van der Waals surface area contributed by atoms with E-state index in [4.69, 9.17) is 9.47 Å². The van der Waals surface area contributed by atoms with Gasteiger partial charge in [0.05, 0.1) is 18.9 Å². The van der Waals surface area contributed by atoms with E-state index in [-0.39, 0.29) is 47.2 Å². The summed E-state index contributed by atoms with van der Waals surface area (Å²) in [5, 5.41) is 0. The number of methoxy groups -OCH3 is 1. The van der Waals surface area contributed by atoms with Gasteiger partial charge in [0.1, 0.15) is 11.8 Å². The zero-order chi connectivity index (χ0) is 21.6. The SMILES string of the molecule is COc1cccc(C(=O)COC(=O)[C@H](C(C)C)N2C(=O)[C@@H]3[C@H]4CC[C@@H](C4)[C@@H]3C2=O)c1. The molecular formula is C23H27NO6. The number of hydrogen-bond donors (Lipinski definition) is 0. The molecule has 2 saturated carbocycles. The molecule has 0 radical (unpaired) electrons. The molecule has 7 nitrogen and oxygen atoms in total. The molecule has 160 valence electrons. The lowest BCUT2D eigenvalue weighted by molar-refractivity contribution is -0.160. The van der Waals surface area contributed by atoms with Gasteiger partial charge in [-0.2, -0.15) is 0 Å². The molecule has 0 N–H and O–H groups in total. The van der Waals surface area contributed by atoms with Gasteiger partial charge in [-0.3, -0.25) is 19.3 Å². The minimum absolute atomic E-state index is 0.244. The van der Waals surface area contributed by atoms with Gasteiger partial charge < -0.3 is 9.47 Å². The summed E-state index contributed by atoms with van der Waals surface area (Å²) in [4.78, 5) is 52.6. The normalized spacial score (nSPS) is 28.1. The Morgan fingerprint density at radius 1 is 1.10 bits per heavy atom. The molecule has 0 aromatic heterocycles. The highest BCUT2D eigenvalue weighted by Gasteiger charge is 2.62. The van der Waals surface area contributed by atoms with E-state index in [0.29, 0.717) is 11.3 Å². The first-order valence-electron chi connectivity index (χ1n) is 10.5. The maximum Gasteiger partial charge on any atom is 0.330 e. The number of ketones is 1. The maximum atomic E-state index is 13.1. The minimum atomic E-state index is -1.01. The molecule has 1 aromatic rings. The monoisotopic (exact) mass is 413 g/mol. The molecule has 2 bridgehead atoms. The Balaban J connectivity index is 1.47. The van der Waals surface area contributed by atoms with Crippen molar-refractivity contribution in [1.82, 2.24) is 4.90 Å². The highest BCUT2D eigenvalue weighted by Crippen LogP contribution is 2.56. The van der Waals surface area contributed by atoms with Crippen LogP contribution in [0, 0.1) is 29.6 Å². The number of fused-ring (bicyclic) bond motifs is 5. The maximum absolute atomic E-state index is 13.1. The molecule has 1 aromatic carbocycles. The summed E-state index contributed by atoms with van der Waals surface area (Å²) < 4.78 is 10.4. The molecule has 1 heterocycles. The summed E-state index contributed by atoms with van der Waals surface area (Å²) in [6.07, 6.45) is 2.89. The third-order valence-corrected chi connectivity index (χ3v) is 6.85. The molecule has 2 amide bonds. The quantitative estimate of drug-likeness (QED) is 0.388. The number of esters is 1. The van der Waals surface area contributed by atoms with Gasteiger partial charge >= 0.3 is 5.97 Å². The van der Waals surface area contributed by atoms with E-state index < -0.39 is 18.6 Å². The van der Waals surface area contributed by atoms with Crippen LogP contribution in [0.3, 0.4) is 0 Å². The lowest BCUT2D eigenvalue weighted by atomic mass is 9.81. The van der Waals surface area contributed by atoms with Crippen LogP contribution in [0.25, 0.3) is 0 Å². The summed E-state index contributed by atoms with van der Waals surface area (Å²) >= 11 is 0. The van der Waals surface area contributed by atoms with Crippen molar-refractivity contribution in [2.24, 2.45) is 29.6 Å². The van der Waals surface area contributed by atoms with Crippen LogP contribution in [0.5, 0.6) is 5.75 Å². The summed E-state index contributed by atoms with van der Waals surface area (Å²) in [7, 11) is 1.50. The summed E-state index contributed by atoms with van der Waals surface area (Å²) in [5.41, 5.74) is 0.364. The molecule has 3 aliphatic rings. The number of nitrogens with zero attached hydrogens (tertiary/aromatic N) is 1. The smallest absolute Gasteiger partial charge is 0.330 e. The van der Waals surface area contributed by atoms with Crippen LogP contribution >= 0.6 is 0 Å². The van der Waals surface area contributed by atoms with Crippen LogP contribution in [-0.2, 0) is 19.1 Å². The summed E-state index contributed by atoms with van der Waals surface area (Å²) in [6.45, 7) is 3.10. The number of Topliss-reactive ketones (excluding diaryl/α,β-unsaturated/α-hetero) is 1. The number of rotatable bonds is 7. The fourth-order valence-electron chi connectivity index (χ4n) is 5.48. The van der Waals surface area contributed by atoms with Crippen molar-refractivity contribution < 1.29 is 28.7 Å². The van der Waals surface area contributed by atoms with Crippen molar-refractivity contribution in [2.45, 2.75) is 39.2 Å². The Kier molecular flexibility index (Phi) is 5.38. The second-order valence-corrected chi connectivity index (χ2v) is 8.88. The Morgan fingerprint density at radius 2 is 1.73 bits per heavy atom. The van der Waals surface area contributed by atoms with E-state index in [2.05, 4.69) is 0 Å². The predicted molar refractivity (Wildman–Crippen MR) is 107 cm³/mol. The number of hydrogen-bond acceptors (Lipinski definition) is 6. The largest absolute Gasteiger partial charge is 0.497 e. The van der Waals surface area contributed by atoms with E-state index in [1.54, 1.807) is 38.1 Å². The first-order chi connectivity index (χ1) is 14.3. The van der Waals surface area contributed by atoms with Crippen molar-refractivity contribution in [2.75, 3.05) is 13.7 Å². The molecule has 7 heteroatoms. The van der Waals surface area contributed by atoms with Crippen molar-refractivity contribution in [3.8, 4) is 5.75 Å². The van der Waals surface area contributed by atoms with Gasteiger partial charge in [-0.15, -0.1) is 0 Å². The first kappa shape index (κ1) is 20.6. The third-order valence-electron chi connectivity index (χ3n) is 6.85.